The normalized spacial score (nSPS) is 19.6. The molecule has 1 heterocycles. The van der Waals surface area contributed by atoms with Crippen molar-refractivity contribution in [2.45, 2.75) is 36.9 Å². The number of benzene rings is 2. The first kappa shape index (κ1) is 26.7. The van der Waals surface area contributed by atoms with Gasteiger partial charge in [-0.05, 0) is 48.0 Å². The zero-order valence-corrected chi connectivity index (χ0v) is 20.0. The fourth-order valence-electron chi connectivity index (χ4n) is 4.02. The van der Waals surface area contributed by atoms with Gasteiger partial charge in [-0.15, -0.1) is 0 Å². The first-order chi connectivity index (χ1) is 16.1. The minimum absolute atomic E-state index is 0.00818. The van der Waals surface area contributed by atoms with Crippen LogP contribution in [0.25, 0.3) is 0 Å². The minimum Gasteiger partial charge on any atom is -0.394 e. The second kappa shape index (κ2) is 11.7. The third-order valence-electron chi connectivity index (χ3n) is 5.84. The number of hydrogen-bond acceptors (Lipinski definition) is 7. The molecule has 2 amide bonds. The van der Waals surface area contributed by atoms with E-state index in [2.05, 4.69) is 15.5 Å². The Balaban J connectivity index is 1.67. The number of anilines is 1. The molecular formula is C23H29Cl2N3O6. The van der Waals surface area contributed by atoms with Gasteiger partial charge in [0.2, 0.25) is 0 Å². The fourth-order valence-corrected chi connectivity index (χ4v) is 4.59. The maximum Gasteiger partial charge on any atom is 0.319 e. The molecule has 2 aromatic rings. The predicted octanol–water partition coefficient (Wildman–Crippen LogP) is 1.13. The minimum atomic E-state index is -1.76. The topological polar surface area (TPSA) is 146 Å². The van der Waals surface area contributed by atoms with Gasteiger partial charge in [0.25, 0.3) is 0 Å². The summed E-state index contributed by atoms with van der Waals surface area (Å²) in [5.74, 6) is -0.00818. The number of fused-ring (bicyclic) bond motifs is 1. The first-order valence-electron chi connectivity index (χ1n) is 10.7. The molecule has 0 radical (unpaired) electrons. The lowest BCUT2D eigenvalue weighted by atomic mass is 9.84. The third kappa shape index (κ3) is 6.38. The smallest absolute Gasteiger partial charge is 0.319 e. The van der Waals surface area contributed by atoms with Gasteiger partial charge < -0.3 is 41.1 Å². The highest BCUT2D eigenvalue weighted by Gasteiger charge is 2.30. The maximum atomic E-state index is 12.3. The molecule has 2 aromatic carbocycles. The molecule has 1 aliphatic rings. The Labute approximate surface area is 207 Å². The summed E-state index contributed by atoms with van der Waals surface area (Å²) >= 11 is 12.7. The second-order valence-corrected chi connectivity index (χ2v) is 9.31. The molecule has 3 rings (SSSR count). The van der Waals surface area contributed by atoms with Gasteiger partial charge in [-0.25, -0.2) is 4.79 Å². The van der Waals surface area contributed by atoms with E-state index in [1.54, 1.807) is 12.1 Å². The summed E-state index contributed by atoms with van der Waals surface area (Å²) in [6, 6.07) is 10.4. The number of nitrogens with zero attached hydrogens (tertiary/aromatic N) is 1. The highest BCUT2D eigenvalue weighted by molar-refractivity contribution is 6.35. The predicted molar refractivity (Wildman–Crippen MR) is 129 cm³/mol. The van der Waals surface area contributed by atoms with Gasteiger partial charge in [0.1, 0.15) is 18.3 Å². The van der Waals surface area contributed by atoms with Gasteiger partial charge in [0, 0.05) is 41.3 Å². The van der Waals surface area contributed by atoms with E-state index in [1.807, 2.05) is 31.3 Å². The Morgan fingerprint density at radius 2 is 1.82 bits per heavy atom. The summed E-state index contributed by atoms with van der Waals surface area (Å²) < 4.78 is 0. The van der Waals surface area contributed by atoms with E-state index < -0.39 is 37.1 Å². The summed E-state index contributed by atoms with van der Waals surface area (Å²) in [4.78, 5) is 14.5. The zero-order chi connectivity index (χ0) is 25.0. The van der Waals surface area contributed by atoms with Crippen LogP contribution in [-0.2, 0) is 6.54 Å². The molecule has 5 atom stereocenters. The Morgan fingerprint density at radius 1 is 1.12 bits per heavy atom. The van der Waals surface area contributed by atoms with Crippen molar-refractivity contribution in [3.05, 3.63) is 63.1 Å². The number of aliphatic hydroxyl groups excluding tert-OH is 5. The number of aliphatic hydroxyl groups is 5. The van der Waals surface area contributed by atoms with E-state index in [0.29, 0.717) is 22.3 Å². The lowest BCUT2D eigenvalue weighted by Crippen LogP contribution is -2.50. The van der Waals surface area contributed by atoms with E-state index >= 15 is 0 Å². The number of carbonyl (C=O) groups is 1. The van der Waals surface area contributed by atoms with Gasteiger partial charge >= 0.3 is 6.03 Å². The molecule has 9 nitrogen and oxygen atoms in total. The molecule has 7 N–H and O–H groups in total. The Hall–Kier alpha value is -1.95. The largest absolute Gasteiger partial charge is 0.394 e. The van der Waals surface area contributed by atoms with Crippen LogP contribution in [0.15, 0.2) is 36.4 Å². The van der Waals surface area contributed by atoms with Gasteiger partial charge in [-0.1, -0.05) is 35.3 Å². The van der Waals surface area contributed by atoms with Crippen molar-refractivity contribution in [2.24, 2.45) is 0 Å². The number of halogens is 2. The van der Waals surface area contributed by atoms with Crippen LogP contribution in [0.5, 0.6) is 0 Å². The average Bonchev–Trinajstić information content (AvgIpc) is 2.81. The number of amides is 2. The van der Waals surface area contributed by atoms with Crippen molar-refractivity contribution in [1.82, 2.24) is 10.2 Å². The van der Waals surface area contributed by atoms with Gasteiger partial charge in [0.05, 0.1) is 12.7 Å². The van der Waals surface area contributed by atoms with Crippen LogP contribution < -0.4 is 10.6 Å². The average molecular weight is 514 g/mol. The molecule has 0 saturated carbocycles. The molecule has 0 aromatic heterocycles. The van der Waals surface area contributed by atoms with Crippen molar-refractivity contribution in [1.29, 1.82) is 0 Å². The number of rotatable bonds is 8. The molecule has 0 saturated heterocycles. The van der Waals surface area contributed by atoms with E-state index in [9.17, 15) is 25.2 Å². The Morgan fingerprint density at radius 3 is 2.53 bits per heavy atom. The van der Waals surface area contributed by atoms with Crippen molar-refractivity contribution >= 4 is 34.9 Å². The van der Waals surface area contributed by atoms with Crippen molar-refractivity contribution in [3.63, 3.8) is 0 Å². The van der Waals surface area contributed by atoms with E-state index in [-0.39, 0.29) is 12.5 Å². The van der Waals surface area contributed by atoms with E-state index in [0.717, 1.165) is 23.2 Å². The van der Waals surface area contributed by atoms with Crippen LogP contribution in [-0.4, -0.2) is 87.6 Å². The van der Waals surface area contributed by atoms with Gasteiger partial charge in [-0.3, -0.25) is 0 Å². The molecular weight excluding hydrogens is 485 g/mol. The Kier molecular flexibility index (Phi) is 9.14. The van der Waals surface area contributed by atoms with Crippen LogP contribution in [0.4, 0.5) is 10.5 Å². The highest BCUT2D eigenvalue weighted by Crippen LogP contribution is 2.38. The zero-order valence-electron chi connectivity index (χ0n) is 18.5. The number of carbonyl (C=O) groups excluding carboxylic acids is 1. The lowest BCUT2D eigenvalue weighted by molar-refractivity contribution is -0.113. The molecule has 0 spiro atoms. The van der Waals surface area contributed by atoms with Crippen molar-refractivity contribution in [3.8, 4) is 0 Å². The molecule has 0 fully saturated rings. The second-order valence-electron chi connectivity index (χ2n) is 8.46. The van der Waals surface area contributed by atoms with Gasteiger partial charge in [-0.2, -0.15) is 0 Å². The van der Waals surface area contributed by atoms with Crippen molar-refractivity contribution < 1.29 is 30.3 Å². The SMILES string of the molecule is CN1Cc2c(Cl)cc(Cl)cc2[C@H](c2cccc(NC(=O)NC[C@H](O)[C@@H](O)[C@H](O)[C@H](O)CO)c2)C1. The monoisotopic (exact) mass is 513 g/mol. The number of likely N-dealkylation sites (N-methyl/N-ethyl adjacent to an activating group) is 1. The Bertz CT molecular complexity index is 1010. The molecule has 0 unspecified atom stereocenters. The van der Waals surface area contributed by atoms with Crippen molar-refractivity contribution in [2.75, 3.05) is 32.1 Å². The van der Waals surface area contributed by atoms with Crippen LogP contribution in [0, 0.1) is 0 Å². The van der Waals surface area contributed by atoms with Crippen LogP contribution >= 0.6 is 23.2 Å². The van der Waals surface area contributed by atoms with Gasteiger partial charge in [0.15, 0.2) is 0 Å². The number of nitrogens with one attached hydrogen (secondary N) is 2. The fraction of sp³-hybridized carbons (Fsp3) is 0.435. The highest BCUT2D eigenvalue weighted by atomic mass is 35.5. The quantitative estimate of drug-likeness (QED) is 0.280. The molecule has 34 heavy (non-hydrogen) atoms. The van der Waals surface area contributed by atoms with Crippen LogP contribution in [0.2, 0.25) is 10.0 Å². The first-order valence-corrected chi connectivity index (χ1v) is 11.5. The molecule has 0 aliphatic carbocycles. The van der Waals surface area contributed by atoms with E-state index in [1.165, 1.54) is 0 Å². The summed E-state index contributed by atoms with van der Waals surface area (Å²) in [6.07, 6.45) is -6.69. The number of urea groups is 1. The molecule has 11 heteroatoms. The molecule has 0 bridgehead atoms. The van der Waals surface area contributed by atoms with Crippen LogP contribution in [0.1, 0.15) is 22.6 Å². The molecule has 186 valence electrons. The summed E-state index contributed by atoms with van der Waals surface area (Å²) in [7, 11) is 2.01. The van der Waals surface area contributed by atoms with Crippen LogP contribution in [0.3, 0.4) is 0 Å². The maximum absolute atomic E-state index is 12.3. The van der Waals surface area contributed by atoms with E-state index in [4.69, 9.17) is 28.3 Å². The summed E-state index contributed by atoms with van der Waals surface area (Å²) in [6.45, 7) is 0.278. The lowest BCUT2D eigenvalue weighted by Gasteiger charge is -2.33. The third-order valence-corrected chi connectivity index (χ3v) is 6.39. The summed E-state index contributed by atoms with van der Waals surface area (Å²) in [5, 5.41) is 53.9. The number of hydrogen-bond donors (Lipinski definition) is 7. The summed E-state index contributed by atoms with van der Waals surface area (Å²) in [5.41, 5.74) is 3.53. The standard InChI is InChI=1S/C23H29Cl2N3O6/c1-28-9-16(15-6-13(24)7-18(25)17(15)10-28)12-3-2-4-14(5-12)27-23(34)26-8-19(30)21(32)22(33)20(31)11-29/h2-7,16,19-22,29-33H,8-11H2,1H3,(H2,26,27,34)/t16-,19-,20+,21+,22+/m0/s1. The molecule has 1 aliphatic heterocycles.